The Hall–Kier alpha value is -1.38. The van der Waals surface area contributed by atoms with E-state index in [1.54, 1.807) is 20.4 Å². The Morgan fingerprint density at radius 3 is 2.79 bits per heavy atom. The molecule has 1 aliphatic heterocycles. The summed E-state index contributed by atoms with van der Waals surface area (Å²) in [5, 5.41) is 2.95. The van der Waals surface area contributed by atoms with E-state index < -0.39 is 0 Å². The third-order valence-electron chi connectivity index (χ3n) is 2.38. The molecule has 2 rings (SSSR count). The number of rotatable bonds is 2. The maximum absolute atomic E-state index is 5.31. The van der Waals surface area contributed by atoms with Crippen LogP contribution in [-0.2, 0) is 9.47 Å². The van der Waals surface area contributed by atoms with Crippen LogP contribution in [0.25, 0.3) is 0 Å². The zero-order valence-corrected chi connectivity index (χ0v) is 8.39. The van der Waals surface area contributed by atoms with E-state index in [9.17, 15) is 0 Å². The van der Waals surface area contributed by atoms with E-state index in [0.29, 0.717) is 0 Å². The molecule has 0 saturated heterocycles. The molecule has 3 heteroatoms. The van der Waals surface area contributed by atoms with E-state index in [4.69, 9.17) is 9.47 Å². The molecule has 0 amide bonds. The Kier molecular flexibility index (Phi) is 2.48. The smallest absolute Gasteiger partial charge is 0.145 e. The van der Waals surface area contributed by atoms with Crippen molar-refractivity contribution in [3.05, 3.63) is 41.5 Å². The lowest BCUT2D eigenvalue weighted by atomic mass is 9.93. The Labute approximate surface area is 84.1 Å². The van der Waals surface area contributed by atoms with Crippen LogP contribution < -0.4 is 5.32 Å². The molecule has 0 unspecified atom stereocenters. The van der Waals surface area contributed by atoms with Crippen LogP contribution in [0.5, 0.6) is 0 Å². The zero-order chi connectivity index (χ0) is 9.97. The van der Waals surface area contributed by atoms with Gasteiger partial charge in [-0.2, -0.15) is 0 Å². The minimum absolute atomic E-state index is 0.812. The average molecular weight is 191 g/mol. The molecule has 0 bridgehead atoms. The molecule has 0 aromatic heterocycles. The fraction of sp³-hybridized carbons (Fsp3) is 0.364. The van der Waals surface area contributed by atoms with Gasteiger partial charge in [-0.1, -0.05) is 0 Å². The molecule has 0 aromatic carbocycles. The standard InChI is InChI=1S/C11H13NO2/c1-13-9-5-3-4-8-6-12-7-10(14-2)11(8)9/h5,7,12H,3-4H2,1-2H3. The van der Waals surface area contributed by atoms with Crippen LogP contribution in [0.3, 0.4) is 0 Å². The van der Waals surface area contributed by atoms with E-state index in [1.807, 2.05) is 0 Å². The number of nitrogens with one attached hydrogen (secondary N) is 1. The van der Waals surface area contributed by atoms with Gasteiger partial charge in [-0.15, -0.1) is 0 Å². The lowest BCUT2D eigenvalue weighted by Crippen LogP contribution is -2.18. The molecular weight excluding hydrogens is 178 g/mol. The summed E-state index contributed by atoms with van der Waals surface area (Å²) in [5.41, 5.74) is 2.16. The first-order chi connectivity index (χ1) is 6.86. The molecule has 74 valence electrons. The highest BCUT2D eigenvalue weighted by Crippen LogP contribution is 2.33. The number of hydrogen-bond acceptors (Lipinski definition) is 3. The minimum Gasteiger partial charge on any atom is -0.496 e. The summed E-state index contributed by atoms with van der Waals surface area (Å²) in [6.07, 6.45) is 5.85. The summed E-state index contributed by atoms with van der Waals surface area (Å²) in [5.74, 6) is 1.69. The van der Waals surface area contributed by atoms with Gasteiger partial charge < -0.3 is 14.8 Å². The topological polar surface area (TPSA) is 30.5 Å². The Balaban J connectivity index is 2.38. The molecule has 1 aliphatic carbocycles. The monoisotopic (exact) mass is 191 g/mol. The fourth-order valence-corrected chi connectivity index (χ4v) is 1.73. The minimum atomic E-state index is 0.812. The Bertz CT molecular complexity index is 296. The molecule has 0 spiro atoms. The molecule has 1 N–H and O–H groups in total. The Morgan fingerprint density at radius 1 is 1.29 bits per heavy atom. The number of allylic oxidation sites excluding steroid dienone is 1. The van der Waals surface area contributed by atoms with E-state index in [-0.39, 0.29) is 0 Å². The van der Waals surface area contributed by atoms with E-state index in [0.717, 1.165) is 35.5 Å². The molecular formula is C11H13NO2. The van der Waals surface area contributed by atoms with Crippen molar-refractivity contribution in [2.45, 2.75) is 12.8 Å². The largest absolute Gasteiger partial charge is 0.496 e. The van der Waals surface area contributed by atoms with Gasteiger partial charge in [-0.3, -0.25) is 0 Å². The highest BCUT2D eigenvalue weighted by Gasteiger charge is 2.24. The van der Waals surface area contributed by atoms with Crippen LogP contribution in [0.1, 0.15) is 12.8 Å². The molecule has 0 saturated carbocycles. The maximum atomic E-state index is 5.31. The van der Waals surface area contributed by atoms with E-state index in [2.05, 4.69) is 17.9 Å². The van der Waals surface area contributed by atoms with Gasteiger partial charge in [0, 0.05) is 6.20 Å². The number of dihydropyridines is 1. The van der Waals surface area contributed by atoms with Crippen LogP contribution in [0.4, 0.5) is 0 Å². The normalized spacial score (nSPS) is 20.4. The molecule has 0 fully saturated rings. The zero-order valence-electron chi connectivity index (χ0n) is 8.39. The predicted octanol–water partition coefficient (Wildman–Crippen LogP) is 1.74. The summed E-state index contributed by atoms with van der Waals surface area (Å²) in [4.78, 5) is 0. The van der Waals surface area contributed by atoms with Crippen molar-refractivity contribution in [1.29, 1.82) is 0 Å². The second-order valence-electron chi connectivity index (χ2n) is 3.15. The van der Waals surface area contributed by atoms with Gasteiger partial charge in [0.15, 0.2) is 0 Å². The highest BCUT2D eigenvalue weighted by molar-refractivity contribution is 5.50. The van der Waals surface area contributed by atoms with Crippen LogP contribution in [0.15, 0.2) is 34.9 Å². The van der Waals surface area contributed by atoms with Crippen LogP contribution >= 0.6 is 0 Å². The van der Waals surface area contributed by atoms with Crippen LogP contribution in [0.2, 0.25) is 0 Å². The first-order valence-electron chi connectivity index (χ1n) is 4.60. The first-order valence-corrected chi connectivity index (χ1v) is 4.60. The van der Waals surface area contributed by atoms with Crippen molar-refractivity contribution < 1.29 is 9.47 Å². The fourth-order valence-electron chi connectivity index (χ4n) is 1.73. The van der Waals surface area contributed by atoms with E-state index >= 15 is 0 Å². The second-order valence-corrected chi connectivity index (χ2v) is 3.15. The van der Waals surface area contributed by atoms with Crippen molar-refractivity contribution in [2.75, 3.05) is 14.2 Å². The van der Waals surface area contributed by atoms with Gasteiger partial charge in [0.1, 0.15) is 18.1 Å². The molecule has 3 nitrogen and oxygen atoms in total. The van der Waals surface area contributed by atoms with Crippen LogP contribution in [0, 0.1) is 6.54 Å². The van der Waals surface area contributed by atoms with Gasteiger partial charge in [0.25, 0.3) is 0 Å². The molecule has 1 heterocycles. The highest BCUT2D eigenvalue weighted by atomic mass is 16.5. The lowest BCUT2D eigenvalue weighted by molar-refractivity contribution is 0.263. The lowest BCUT2D eigenvalue weighted by Gasteiger charge is -2.25. The quantitative estimate of drug-likeness (QED) is 0.721. The third-order valence-corrected chi connectivity index (χ3v) is 2.38. The summed E-state index contributed by atoms with van der Waals surface area (Å²) < 4.78 is 10.6. The van der Waals surface area contributed by atoms with Crippen molar-refractivity contribution >= 4 is 0 Å². The van der Waals surface area contributed by atoms with Gasteiger partial charge in [0.2, 0.25) is 0 Å². The van der Waals surface area contributed by atoms with Gasteiger partial charge in [-0.25, -0.2) is 0 Å². The number of ether oxygens (including phenoxy) is 2. The summed E-state index contributed by atoms with van der Waals surface area (Å²) in [6, 6.07) is 0. The first kappa shape index (κ1) is 9.19. The van der Waals surface area contributed by atoms with Gasteiger partial charge in [-0.05, 0) is 24.5 Å². The van der Waals surface area contributed by atoms with Crippen molar-refractivity contribution in [3.8, 4) is 0 Å². The SMILES string of the molecule is COC1=CCCC2=C1C(OC)=CN[C]2. The Morgan fingerprint density at radius 2 is 2.07 bits per heavy atom. The van der Waals surface area contributed by atoms with Gasteiger partial charge in [0.05, 0.1) is 19.8 Å². The summed E-state index contributed by atoms with van der Waals surface area (Å²) >= 11 is 0. The molecule has 2 radical (unpaired) electrons. The molecule has 0 atom stereocenters. The molecule has 2 aliphatic rings. The maximum Gasteiger partial charge on any atom is 0.145 e. The predicted molar refractivity (Wildman–Crippen MR) is 52.8 cm³/mol. The third kappa shape index (κ3) is 1.39. The molecule has 14 heavy (non-hydrogen) atoms. The summed E-state index contributed by atoms with van der Waals surface area (Å²) in [6.45, 7) is 3.10. The van der Waals surface area contributed by atoms with Crippen molar-refractivity contribution in [2.24, 2.45) is 0 Å². The number of hydrogen-bond donors (Lipinski definition) is 1. The summed E-state index contributed by atoms with van der Waals surface area (Å²) in [7, 11) is 3.34. The van der Waals surface area contributed by atoms with Gasteiger partial charge >= 0.3 is 0 Å². The molecule has 0 aromatic rings. The van der Waals surface area contributed by atoms with E-state index in [1.165, 1.54) is 0 Å². The number of methoxy groups -OCH3 is 2. The van der Waals surface area contributed by atoms with Crippen LogP contribution in [-0.4, -0.2) is 14.2 Å². The second kappa shape index (κ2) is 3.78. The van der Waals surface area contributed by atoms with Crippen molar-refractivity contribution in [3.63, 3.8) is 0 Å². The average Bonchev–Trinajstić information content (AvgIpc) is 2.27. The van der Waals surface area contributed by atoms with Crippen molar-refractivity contribution in [1.82, 2.24) is 5.32 Å².